The van der Waals surface area contributed by atoms with Crippen LogP contribution in [0.1, 0.15) is 29.6 Å². The van der Waals surface area contributed by atoms with Crippen molar-refractivity contribution in [3.05, 3.63) is 65.5 Å². The van der Waals surface area contributed by atoms with Gasteiger partial charge < -0.3 is 10.2 Å². The Morgan fingerprint density at radius 1 is 0.962 bits per heavy atom. The number of carbonyl (C=O) groups excluding carboxylic acids is 1. The molecule has 5 heteroatoms. The molecule has 0 atom stereocenters. The fourth-order valence-corrected chi connectivity index (χ4v) is 4.03. The van der Waals surface area contributed by atoms with Gasteiger partial charge in [0.25, 0.3) is 5.91 Å². The number of hydrogen-bond acceptors (Lipinski definition) is 4. The van der Waals surface area contributed by atoms with Crippen molar-refractivity contribution in [2.24, 2.45) is 0 Å². The van der Waals surface area contributed by atoms with Crippen LogP contribution in [-0.2, 0) is 0 Å². The van der Waals surface area contributed by atoms with Gasteiger partial charge in [-0.3, -0.25) is 4.79 Å². The fraction of sp³-hybridized carbons (Fsp3) is 0.238. The Hall–Kier alpha value is -2.66. The van der Waals surface area contributed by atoms with E-state index in [0.29, 0.717) is 5.56 Å². The minimum Gasteiger partial charge on any atom is -0.348 e. The monoisotopic (exact) mass is 363 g/mol. The molecule has 2 heterocycles. The van der Waals surface area contributed by atoms with Crippen LogP contribution in [0.15, 0.2) is 60.0 Å². The van der Waals surface area contributed by atoms with Gasteiger partial charge in [0.05, 0.1) is 5.69 Å². The second-order valence-corrected chi connectivity index (χ2v) is 7.30. The number of rotatable bonds is 4. The van der Waals surface area contributed by atoms with Crippen LogP contribution >= 0.6 is 11.3 Å². The summed E-state index contributed by atoms with van der Waals surface area (Å²) in [5, 5.41) is 6.15. The molecule has 1 saturated heterocycles. The predicted octanol–water partition coefficient (Wildman–Crippen LogP) is 5.05. The van der Waals surface area contributed by atoms with Crippen molar-refractivity contribution in [2.45, 2.75) is 19.3 Å². The molecule has 3 aromatic rings. The average molecular weight is 363 g/mol. The molecule has 0 bridgehead atoms. The van der Waals surface area contributed by atoms with Crippen LogP contribution in [0.5, 0.6) is 0 Å². The van der Waals surface area contributed by atoms with Crippen LogP contribution in [0.3, 0.4) is 0 Å². The lowest BCUT2D eigenvalue weighted by atomic mass is 10.1. The van der Waals surface area contributed by atoms with E-state index in [9.17, 15) is 4.79 Å². The Bertz CT molecular complexity index is 868. The van der Waals surface area contributed by atoms with Crippen molar-refractivity contribution in [1.29, 1.82) is 0 Å². The summed E-state index contributed by atoms with van der Waals surface area (Å²) in [6, 6.07) is 17.1. The topological polar surface area (TPSA) is 45.2 Å². The van der Waals surface area contributed by atoms with E-state index in [2.05, 4.69) is 15.6 Å². The Morgan fingerprint density at radius 3 is 2.42 bits per heavy atom. The second kappa shape index (κ2) is 7.70. The van der Waals surface area contributed by atoms with Crippen LogP contribution in [-0.4, -0.2) is 24.0 Å². The molecule has 0 saturated carbocycles. The quantitative estimate of drug-likeness (QED) is 0.705. The molecule has 1 aliphatic heterocycles. The highest BCUT2D eigenvalue weighted by Gasteiger charge is 2.15. The normalized spacial score (nSPS) is 14.2. The summed E-state index contributed by atoms with van der Waals surface area (Å²) < 4.78 is 0. The molecule has 132 valence electrons. The third-order valence-corrected chi connectivity index (χ3v) is 5.49. The molecule has 0 aliphatic carbocycles. The van der Waals surface area contributed by atoms with Crippen molar-refractivity contribution >= 4 is 28.1 Å². The molecule has 2 aromatic carbocycles. The van der Waals surface area contributed by atoms with Crippen LogP contribution in [0.25, 0.3) is 11.3 Å². The maximum Gasteiger partial charge on any atom is 0.255 e. The number of thiazole rings is 1. The Morgan fingerprint density at radius 2 is 1.69 bits per heavy atom. The number of hydrogen-bond donors (Lipinski definition) is 1. The zero-order valence-electron chi connectivity index (χ0n) is 14.5. The molecule has 4 nitrogen and oxygen atoms in total. The fourth-order valence-electron chi connectivity index (χ4n) is 3.14. The number of carbonyl (C=O) groups is 1. The summed E-state index contributed by atoms with van der Waals surface area (Å²) in [6.07, 6.45) is 3.83. The summed E-state index contributed by atoms with van der Waals surface area (Å²) in [6.45, 7) is 2.22. The zero-order chi connectivity index (χ0) is 17.8. The third kappa shape index (κ3) is 3.78. The number of nitrogens with zero attached hydrogens (tertiary/aromatic N) is 2. The van der Waals surface area contributed by atoms with Crippen molar-refractivity contribution in [3.63, 3.8) is 0 Å². The predicted molar refractivity (Wildman–Crippen MR) is 108 cm³/mol. The lowest BCUT2D eigenvalue weighted by Gasteiger charge is -2.25. The third-order valence-electron chi connectivity index (χ3n) is 4.59. The Balaban J connectivity index is 1.44. The molecule has 4 rings (SSSR count). The Kier molecular flexibility index (Phi) is 4.97. The summed E-state index contributed by atoms with van der Waals surface area (Å²) in [5.74, 6) is -0.0978. The van der Waals surface area contributed by atoms with Crippen molar-refractivity contribution in [1.82, 2.24) is 4.98 Å². The maximum absolute atomic E-state index is 12.2. The van der Waals surface area contributed by atoms with Gasteiger partial charge in [-0.05, 0) is 43.5 Å². The van der Waals surface area contributed by atoms with Gasteiger partial charge >= 0.3 is 0 Å². The van der Waals surface area contributed by atoms with E-state index in [1.54, 1.807) is 23.5 Å². The molecule has 1 N–H and O–H groups in total. The van der Waals surface area contributed by atoms with Gasteiger partial charge in [0.2, 0.25) is 0 Å². The lowest BCUT2D eigenvalue weighted by Crippen LogP contribution is -2.29. The van der Waals surface area contributed by atoms with Gasteiger partial charge in [-0.2, -0.15) is 0 Å². The minimum atomic E-state index is -0.0978. The van der Waals surface area contributed by atoms with Gasteiger partial charge in [0.1, 0.15) is 0 Å². The van der Waals surface area contributed by atoms with Gasteiger partial charge in [-0.15, -0.1) is 11.3 Å². The van der Waals surface area contributed by atoms with Crippen molar-refractivity contribution < 1.29 is 4.79 Å². The van der Waals surface area contributed by atoms with E-state index in [0.717, 1.165) is 35.2 Å². The summed E-state index contributed by atoms with van der Waals surface area (Å²) in [5.41, 5.74) is 3.51. The smallest absolute Gasteiger partial charge is 0.255 e. The first kappa shape index (κ1) is 16.8. The molecular weight excluding hydrogens is 342 g/mol. The van der Waals surface area contributed by atoms with E-state index >= 15 is 0 Å². The molecule has 0 radical (unpaired) electrons. The summed E-state index contributed by atoms with van der Waals surface area (Å²) >= 11 is 1.71. The molecule has 26 heavy (non-hydrogen) atoms. The molecular formula is C21H21N3OS. The number of piperidine rings is 1. The van der Waals surface area contributed by atoms with Crippen LogP contribution < -0.4 is 10.2 Å². The number of amides is 1. The molecule has 1 aromatic heterocycles. The van der Waals surface area contributed by atoms with Gasteiger partial charge in [0.15, 0.2) is 5.13 Å². The van der Waals surface area contributed by atoms with Crippen molar-refractivity contribution in [2.75, 3.05) is 23.3 Å². The number of anilines is 2. The second-order valence-electron chi connectivity index (χ2n) is 6.46. The number of benzene rings is 2. The first-order valence-electron chi connectivity index (χ1n) is 8.97. The van der Waals surface area contributed by atoms with Crippen molar-refractivity contribution in [3.8, 4) is 11.3 Å². The van der Waals surface area contributed by atoms with E-state index in [4.69, 9.17) is 4.98 Å². The highest BCUT2D eigenvalue weighted by atomic mass is 32.1. The highest BCUT2D eigenvalue weighted by molar-refractivity contribution is 7.14. The van der Waals surface area contributed by atoms with Crippen LogP contribution in [0.4, 0.5) is 10.8 Å². The number of nitrogens with one attached hydrogen (secondary N) is 1. The summed E-state index contributed by atoms with van der Waals surface area (Å²) in [4.78, 5) is 19.4. The van der Waals surface area contributed by atoms with Crippen LogP contribution in [0.2, 0.25) is 0 Å². The average Bonchev–Trinajstić information content (AvgIpc) is 3.20. The first-order chi connectivity index (χ1) is 12.8. The van der Waals surface area contributed by atoms with Gasteiger partial charge in [0, 0.05) is 35.3 Å². The Labute approximate surface area is 157 Å². The van der Waals surface area contributed by atoms with Gasteiger partial charge in [-0.1, -0.05) is 30.3 Å². The van der Waals surface area contributed by atoms with E-state index in [1.165, 1.54) is 19.3 Å². The van der Waals surface area contributed by atoms with E-state index in [-0.39, 0.29) is 5.91 Å². The van der Waals surface area contributed by atoms with Crippen LogP contribution in [0, 0.1) is 0 Å². The maximum atomic E-state index is 12.2. The lowest BCUT2D eigenvalue weighted by molar-refractivity contribution is 0.102. The van der Waals surface area contributed by atoms with E-state index in [1.807, 2.05) is 42.5 Å². The van der Waals surface area contributed by atoms with Gasteiger partial charge in [-0.25, -0.2) is 4.98 Å². The molecule has 1 fully saturated rings. The van der Waals surface area contributed by atoms with E-state index < -0.39 is 0 Å². The SMILES string of the molecule is O=C(Nc1ccc(-c2csc(N3CCCCC3)n2)cc1)c1ccccc1. The summed E-state index contributed by atoms with van der Waals surface area (Å²) in [7, 11) is 0. The highest BCUT2D eigenvalue weighted by Crippen LogP contribution is 2.29. The minimum absolute atomic E-state index is 0.0978. The standard InChI is InChI=1S/C21H21N3OS/c25-20(17-7-3-1-4-8-17)22-18-11-9-16(10-12-18)19-15-26-21(23-19)24-13-5-2-6-14-24/h1,3-4,7-12,15H,2,5-6,13-14H2,(H,22,25). The zero-order valence-corrected chi connectivity index (χ0v) is 15.3. The first-order valence-corrected chi connectivity index (χ1v) is 9.85. The molecule has 1 aliphatic rings. The molecule has 1 amide bonds. The largest absolute Gasteiger partial charge is 0.348 e. The number of aromatic nitrogens is 1. The molecule has 0 spiro atoms. The molecule has 0 unspecified atom stereocenters.